The number of hydrogen-bond acceptors (Lipinski definition) is 2. The normalized spacial score (nSPS) is 13.1. The van der Waals surface area contributed by atoms with Crippen LogP contribution in [-0.2, 0) is 9.59 Å². The molecule has 0 atom stereocenters. The van der Waals surface area contributed by atoms with E-state index in [1.165, 1.54) is 0 Å². The van der Waals surface area contributed by atoms with Crippen molar-refractivity contribution in [3.8, 4) is 0 Å². The lowest BCUT2D eigenvalue weighted by molar-refractivity contribution is -0.181. The molecule has 0 aromatic rings. The Balaban J connectivity index is 4.74. The van der Waals surface area contributed by atoms with E-state index in [1.54, 1.807) is 15.9 Å². The van der Waals surface area contributed by atoms with Crippen LogP contribution >= 0.6 is 15.9 Å². The first-order valence-electron chi connectivity index (χ1n) is 2.84. The summed E-state index contributed by atoms with van der Waals surface area (Å²) in [5, 5.41) is 0. The van der Waals surface area contributed by atoms with Crippen molar-refractivity contribution in [1.82, 2.24) is 0 Å². The van der Waals surface area contributed by atoms with Gasteiger partial charge in [-0.05, 0) is 0 Å². The van der Waals surface area contributed by atoms with E-state index in [0.717, 1.165) is 0 Å². The Hall–Kier alpha value is -0.600. The highest BCUT2D eigenvalue weighted by Crippen LogP contribution is 2.27. The molecule has 0 rings (SSSR count). The number of carbonyl (C=O) groups is 2. The molecule has 14 heavy (non-hydrogen) atoms. The van der Waals surface area contributed by atoms with Gasteiger partial charge in [-0.25, -0.2) is 0 Å². The van der Waals surface area contributed by atoms with Crippen molar-refractivity contribution < 1.29 is 35.9 Å². The van der Waals surface area contributed by atoms with Gasteiger partial charge in [-0.3, -0.25) is 9.59 Å². The van der Waals surface area contributed by atoms with Gasteiger partial charge in [0.1, 0.15) is 0 Å². The molecule has 82 valence electrons. The molecule has 0 N–H and O–H groups in total. The average Bonchev–Trinajstić information content (AvgIpc) is 1.97. The highest BCUT2D eigenvalue weighted by atomic mass is 79.9. The summed E-state index contributed by atoms with van der Waals surface area (Å²) in [6.45, 7) is 0. The summed E-state index contributed by atoms with van der Waals surface area (Å²) in [5.74, 6) is -5.56. The van der Waals surface area contributed by atoms with Crippen LogP contribution in [0.3, 0.4) is 0 Å². The topological polar surface area (TPSA) is 34.1 Å². The van der Waals surface area contributed by atoms with Gasteiger partial charge in [0, 0.05) is 0 Å². The van der Waals surface area contributed by atoms with Gasteiger partial charge in [0.15, 0.2) is 4.83 Å². The summed E-state index contributed by atoms with van der Waals surface area (Å²) in [5.41, 5.74) is 0. The van der Waals surface area contributed by atoms with Crippen molar-refractivity contribution in [2.75, 3.05) is 0 Å². The smallest absolute Gasteiger partial charge is 0.288 e. The maximum Gasteiger partial charge on any atom is 0.451 e. The lowest BCUT2D eigenvalue weighted by atomic mass is 10.2. The first-order chi connectivity index (χ1) is 5.98. The van der Waals surface area contributed by atoms with Gasteiger partial charge in [0.25, 0.3) is 11.6 Å². The monoisotopic (exact) mass is 286 g/mol. The summed E-state index contributed by atoms with van der Waals surface area (Å²) in [6, 6.07) is 0. The van der Waals surface area contributed by atoms with E-state index >= 15 is 0 Å². The van der Waals surface area contributed by atoms with Crippen molar-refractivity contribution in [3.63, 3.8) is 0 Å². The standard InChI is InChI=1S/C5HBrF6O2/c6-1(2(13)4(7,8)9)3(14)5(10,11)12/h1H. The number of ketones is 2. The molecule has 0 amide bonds. The predicted octanol–water partition coefficient (Wildman–Crippen LogP) is 2.01. The third kappa shape index (κ3) is 3.28. The van der Waals surface area contributed by atoms with Crippen LogP contribution in [0.25, 0.3) is 0 Å². The van der Waals surface area contributed by atoms with Crippen molar-refractivity contribution >= 4 is 27.5 Å². The van der Waals surface area contributed by atoms with Crippen molar-refractivity contribution in [1.29, 1.82) is 0 Å². The SMILES string of the molecule is O=C(C(Br)C(=O)C(F)(F)F)C(F)(F)F. The lowest BCUT2D eigenvalue weighted by Crippen LogP contribution is -2.41. The second-order valence-corrected chi connectivity index (χ2v) is 3.00. The quantitative estimate of drug-likeness (QED) is 0.442. The molecule has 0 saturated carbocycles. The number of Topliss-reactive ketones (excluding diaryl/α,β-unsaturated/α-hetero) is 2. The maximum absolute atomic E-state index is 11.5. The van der Waals surface area contributed by atoms with Crippen LogP contribution in [0, 0.1) is 0 Å². The zero-order valence-corrected chi connectivity index (χ0v) is 7.63. The third-order valence-corrected chi connectivity index (χ3v) is 1.85. The molecule has 0 saturated heterocycles. The van der Waals surface area contributed by atoms with E-state index < -0.39 is 28.7 Å². The second-order valence-electron chi connectivity index (χ2n) is 2.09. The highest BCUT2D eigenvalue weighted by molar-refractivity contribution is 9.10. The number of hydrogen-bond donors (Lipinski definition) is 0. The van der Waals surface area contributed by atoms with Crippen LogP contribution in [0.2, 0.25) is 0 Å². The van der Waals surface area contributed by atoms with Crippen molar-refractivity contribution in [2.45, 2.75) is 17.2 Å². The molecule has 0 aliphatic rings. The van der Waals surface area contributed by atoms with Crippen molar-refractivity contribution in [3.05, 3.63) is 0 Å². The summed E-state index contributed by atoms with van der Waals surface area (Å²) in [6.07, 6.45) is -11.0. The number of carbonyl (C=O) groups excluding carboxylic acids is 2. The lowest BCUT2D eigenvalue weighted by Gasteiger charge is -2.11. The van der Waals surface area contributed by atoms with Gasteiger partial charge < -0.3 is 0 Å². The van der Waals surface area contributed by atoms with Crippen LogP contribution < -0.4 is 0 Å². The summed E-state index contributed by atoms with van der Waals surface area (Å²) in [4.78, 5) is 17.4. The van der Waals surface area contributed by atoms with Crippen LogP contribution in [0.1, 0.15) is 0 Å². The Bertz CT molecular complexity index is 228. The highest BCUT2D eigenvalue weighted by Gasteiger charge is 2.52. The first-order valence-corrected chi connectivity index (χ1v) is 3.75. The van der Waals surface area contributed by atoms with Gasteiger partial charge >= 0.3 is 12.4 Å². The number of rotatable bonds is 2. The Labute approximate surface area is 81.4 Å². The molecule has 0 aromatic carbocycles. The fourth-order valence-corrected chi connectivity index (χ4v) is 0.926. The molecular formula is C5HBrF6O2. The number of halogens is 7. The fraction of sp³-hybridized carbons (Fsp3) is 0.600. The number of alkyl halides is 7. The third-order valence-electron chi connectivity index (χ3n) is 1.02. The molecule has 2 nitrogen and oxygen atoms in total. The van der Waals surface area contributed by atoms with Crippen LogP contribution in [-0.4, -0.2) is 28.7 Å². The van der Waals surface area contributed by atoms with Crippen molar-refractivity contribution in [2.24, 2.45) is 0 Å². The van der Waals surface area contributed by atoms with Gasteiger partial charge in [0.05, 0.1) is 0 Å². The van der Waals surface area contributed by atoms with E-state index in [4.69, 9.17) is 0 Å². The molecular weight excluding hydrogens is 286 g/mol. The predicted molar refractivity (Wildman–Crippen MR) is 34.8 cm³/mol. The Kier molecular flexibility index (Phi) is 3.71. The van der Waals surface area contributed by atoms with E-state index in [9.17, 15) is 35.9 Å². The zero-order chi connectivity index (χ0) is 11.7. The summed E-state index contributed by atoms with van der Waals surface area (Å²) < 4.78 is 69.3. The van der Waals surface area contributed by atoms with E-state index in [0.29, 0.717) is 0 Å². The molecule has 0 aliphatic heterocycles. The van der Waals surface area contributed by atoms with E-state index in [2.05, 4.69) is 0 Å². The minimum Gasteiger partial charge on any atom is -0.288 e. The fourth-order valence-electron chi connectivity index (χ4n) is 0.406. The zero-order valence-electron chi connectivity index (χ0n) is 6.04. The molecule has 0 spiro atoms. The molecule has 0 radical (unpaired) electrons. The van der Waals surface area contributed by atoms with Gasteiger partial charge in [-0.15, -0.1) is 0 Å². The molecule has 0 bridgehead atoms. The molecule has 9 heteroatoms. The van der Waals surface area contributed by atoms with E-state index in [-0.39, 0.29) is 0 Å². The molecule has 0 aliphatic carbocycles. The summed E-state index contributed by atoms with van der Waals surface area (Å²) in [7, 11) is 0. The van der Waals surface area contributed by atoms with E-state index in [1.807, 2.05) is 0 Å². The Morgan fingerprint density at radius 1 is 0.857 bits per heavy atom. The molecule has 0 unspecified atom stereocenters. The second kappa shape index (κ2) is 3.87. The largest absolute Gasteiger partial charge is 0.451 e. The van der Waals surface area contributed by atoms with Gasteiger partial charge in [-0.2, -0.15) is 26.3 Å². The van der Waals surface area contributed by atoms with Crippen LogP contribution in [0.5, 0.6) is 0 Å². The average molecular weight is 287 g/mol. The minimum atomic E-state index is -5.48. The summed E-state index contributed by atoms with van der Waals surface area (Å²) >= 11 is 1.74. The van der Waals surface area contributed by atoms with Gasteiger partial charge in [0.2, 0.25) is 0 Å². The molecule has 0 fully saturated rings. The maximum atomic E-state index is 11.5. The Morgan fingerprint density at radius 3 is 1.21 bits per heavy atom. The first kappa shape index (κ1) is 13.4. The van der Waals surface area contributed by atoms with Crippen LogP contribution in [0.4, 0.5) is 26.3 Å². The molecule has 0 aromatic heterocycles. The molecule has 0 heterocycles. The van der Waals surface area contributed by atoms with Gasteiger partial charge in [-0.1, -0.05) is 15.9 Å². The van der Waals surface area contributed by atoms with Crippen LogP contribution in [0.15, 0.2) is 0 Å². The Morgan fingerprint density at radius 2 is 1.07 bits per heavy atom. The minimum absolute atomic E-state index is 1.74.